The molecule has 1 aromatic heterocycles. The van der Waals surface area contributed by atoms with Gasteiger partial charge in [-0.3, -0.25) is 0 Å². The molecule has 0 atom stereocenters. The highest BCUT2D eigenvalue weighted by Gasteiger charge is 2.26. The topological polar surface area (TPSA) is 46.6 Å². The number of rotatable bonds is 7. The van der Waals surface area contributed by atoms with E-state index in [0.29, 0.717) is 10.8 Å². The normalized spacial score (nSPS) is 11.8. The van der Waals surface area contributed by atoms with Gasteiger partial charge in [-0.05, 0) is 45.5 Å². The van der Waals surface area contributed by atoms with Crippen LogP contribution < -0.4 is 4.74 Å². The molecule has 0 unspecified atom stereocenters. The van der Waals surface area contributed by atoms with Crippen molar-refractivity contribution < 1.29 is 13.2 Å². The molecule has 3 aromatic carbocycles. The largest absolute Gasteiger partial charge is 0.497 e. The van der Waals surface area contributed by atoms with Crippen LogP contribution in [0.25, 0.3) is 10.8 Å². The van der Waals surface area contributed by atoms with Gasteiger partial charge in [-0.15, -0.1) is 11.3 Å². The van der Waals surface area contributed by atoms with Crippen LogP contribution in [0.3, 0.4) is 0 Å². The lowest BCUT2D eigenvalue weighted by Gasteiger charge is -2.22. The summed E-state index contributed by atoms with van der Waals surface area (Å²) in [5.74, 6) is 0.746. The molecule has 0 bridgehead atoms. The first-order valence-corrected chi connectivity index (χ1v) is 11.5. The number of fused-ring (bicyclic) bond motifs is 1. The summed E-state index contributed by atoms with van der Waals surface area (Å²) in [6.07, 6.45) is 0. The number of hydrogen-bond donors (Lipinski definition) is 0. The third-order valence-corrected chi connectivity index (χ3v) is 8.00. The van der Waals surface area contributed by atoms with Gasteiger partial charge in [-0.1, -0.05) is 60.7 Å². The van der Waals surface area contributed by atoms with Crippen LogP contribution >= 0.6 is 11.3 Å². The summed E-state index contributed by atoms with van der Waals surface area (Å²) in [7, 11) is -2.00. The molecule has 1 heterocycles. The van der Waals surface area contributed by atoms with Crippen molar-refractivity contribution in [2.45, 2.75) is 17.3 Å². The maximum Gasteiger partial charge on any atom is 0.253 e. The van der Waals surface area contributed by atoms with Gasteiger partial charge in [-0.2, -0.15) is 4.31 Å². The summed E-state index contributed by atoms with van der Waals surface area (Å²) in [6, 6.07) is 25.0. The molecule has 0 aliphatic carbocycles. The van der Waals surface area contributed by atoms with Gasteiger partial charge in [0.05, 0.1) is 7.11 Å². The summed E-state index contributed by atoms with van der Waals surface area (Å²) in [5, 5.41) is 3.95. The second-order valence-corrected chi connectivity index (χ2v) is 9.80. The quantitative estimate of drug-likeness (QED) is 0.405. The summed E-state index contributed by atoms with van der Waals surface area (Å²) >= 11 is 1.24. The zero-order valence-corrected chi connectivity index (χ0v) is 17.6. The summed E-state index contributed by atoms with van der Waals surface area (Å²) in [6.45, 7) is 0.584. The van der Waals surface area contributed by atoms with E-state index in [4.69, 9.17) is 4.74 Å². The predicted octanol–water partition coefficient (Wildman–Crippen LogP) is 5.30. The highest BCUT2D eigenvalue weighted by Crippen LogP contribution is 2.27. The second-order valence-electron chi connectivity index (χ2n) is 6.69. The number of benzene rings is 3. The number of ether oxygens (including phenoxy) is 1. The molecule has 29 heavy (non-hydrogen) atoms. The molecule has 0 saturated heterocycles. The van der Waals surface area contributed by atoms with Crippen LogP contribution in [0.4, 0.5) is 0 Å². The molecule has 4 aromatic rings. The average Bonchev–Trinajstić information content (AvgIpc) is 3.30. The Morgan fingerprint density at radius 3 is 2.34 bits per heavy atom. The Labute approximate surface area is 175 Å². The molecular formula is C23H21NO3S2. The van der Waals surface area contributed by atoms with Gasteiger partial charge in [-0.25, -0.2) is 8.42 Å². The number of methoxy groups -OCH3 is 1. The number of hydrogen-bond acceptors (Lipinski definition) is 4. The van der Waals surface area contributed by atoms with Crippen LogP contribution in [0.5, 0.6) is 5.75 Å². The standard InChI is InChI=1S/C23H21NO3S2/c1-27-21-13-11-18(12-14-21)16-24(29(25,26)23-10-5-15-28-23)17-20-8-4-7-19-6-2-3-9-22(19)20/h2-15H,16-17H2,1H3. The average molecular weight is 424 g/mol. The first kappa shape index (κ1) is 19.6. The summed E-state index contributed by atoms with van der Waals surface area (Å²) < 4.78 is 33.9. The van der Waals surface area contributed by atoms with Crippen LogP contribution in [0, 0.1) is 0 Å². The van der Waals surface area contributed by atoms with Crippen molar-refractivity contribution in [3.63, 3.8) is 0 Å². The number of sulfonamides is 1. The molecule has 0 saturated carbocycles. The van der Waals surface area contributed by atoms with Crippen molar-refractivity contribution >= 4 is 32.1 Å². The van der Waals surface area contributed by atoms with Crippen LogP contribution in [0.2, 0.25) is 0 Å². The lowest BCUT2D eigenvalue weighted by molar-refractivity contribution is 0.401. The molecule has 0 aliphatic heterocycles. The summed E-state index contributed by atoms with van der Waals surface area (Å²) in [4.78, 5) is 0. The molecular weight excluding hydrogens is 402 g/mol. The minimum absolute atomic E-state index is 0.285. The van der Waals surface area contributed by atoms with Gasteiger partial charge in [0.1, 0.15) is 9.96 Å². The monoisotopic (exact) mass is 423 g/mol. The zero-order valence-electron chi connectivity index (χ0n) is 16.0. The molecule has 0 N–H and O–H groups in total. The van der Waals surface area contributed by atoms with E-state index in [2.05, 4.69) is 0 Å². The van der Waals surface area contributed by atoms with Crippen molar-refractivity contribution in [3.8, 4) is 5.75 Å². The van der Waals surface area contributed by atoms with E-state index >= 15 is 0 Å². The Morgan fingerprint density at radius 2 is 1.62 bits per heavy atom. The van der Waals surface area contributed by atoms with E-state index < -0.39 is 10.0 Å². The van der Waals surface area contributed by atoms with E-state index in [9.17, 15) is 8.42 Å². The molecule has 6 heteroatoms. The van der Waals surface area contributed by atoms with Crippen molar-refractivity contribution in [2.75, 3.05) is 7.11 Å². The lowest BCUT2D eigenvalue weighted by Crippen LogP contribution is -2.29. The molecule has 0 amide bonds. The van der Waals surface area contributed by atoms with Gasteiger partial charge >= 0.3 is 0 Å². The minimum Gasteiger partial charge on any atom is -0.497 e. The fourth-order valence-electron chi connectivity index (χ4n) is 3.32. The molecule has 0 fully saturated rings. The molecule has 148 valence electrons. The Bertz CT molecular complexity index is 1200. The van der Waals surface area contributed by atoms with E-state index in [1.807, 2.05) is 66.7 Å². The third kappa shape index (κ3) is 4.19. The Kier molecular flexibility index (Phi) is 5.67. The smallest absolute Gasteiger partial charge is 0.253 e. The van der Waals surface area contributed by atoms with Crippen molar-refractivity contribution in [1.82, 2.24) is 4.31 Å². The van der Waals surface area contributed by atoms with Gasteiger partial charge < -0.3 is 4.74 Å². The first-order chi connectivity index (χ1) is 14.1. The van der Waals surface area contributed by atoms with Crippen molar-refractivity contribution in [3.05, 3.63) is 95.4 Å². The predicted molar refractivity (Wildman–Crippen MR) is 118 cm³/mol. The van der Waals surface area contributed by atoms with E-state index in [1.165, 1.54) is 11.3 Å². The van der Waals surface area contributed by atoms with E-state index in [1.54, 1.807) is 28.9 Å². The van der Waals surface area contributed by atoms with Crippen LogP contribution in [-0.2, 0) is 23.1 Å². The molecule has 4 nitrogen and oxygen atoms in total. The lowest BCUT2D eigenvalue weighted by atomic mass is 10.0. The highest BCUT2D eigenvalue weighted by atomic mass is 32.2. The fraction of sp³-hybridized carbons (Fsp3) is 0.130. The van der Waals surface area contributed by atoms with Crippen LogP contribution in [0.15, 0.2) is 88.5 Å². The molecule has 0 spiro atoms. The SMILES string of the molecule is COc1ccc(CN(Cc2cccc3ccccc23)S(=O)(=O)c2cccs2)cc1. The van der Waals surface area contributed by atoms with Gasteiger partial charge in [0, 0.05) is 13.1 Å². The summed E-state index contributed by atoms with van der Waals surface area (Å²) in [5.41, 5.74) is 1.89. The van der Waals surface area contributed by atoms with E-state index in [0.717, 1.165) is 27.6 Å². The molecule has 0 radical (unpaired) electrons. The maximum absolute atomic E-state index is 13.4. The van der Waals surface area contributed by atoms with Crippen molar-refractivity contribution in [2.24, 2.45) is 0 Å². The zero-order chi connectivity index (χ0) is 20.3. The number of nitrogens with zero attached hydrogens (tertiary/aromatic N) is 1. The van der Waals surface area contributed by atoms with Gasteiger partial charge in [0.15, 0.2) is 0 Å². The highest BCUT2D eigenvalue weighted by molar-refractivity contribution is 7.91. The van der Waals surface area contributed by atoms with Crippen LogP contribution in [0.1, 0.15) is 11.1 Å². The van der Waals surface area contributed by atoms with Gasteiger partial charge in [0.2, 0.25) is 0 Å². The number of thiophene rings is 1. The Balaban J connectivity index is 1.73. The van der Waals surface area contributed by atoms with Gasteiger partial charge in [0.25, 0.3) is 10.0 Å². The van der Waals surface area contributed by atoms with Crippen molar-refractivity contribution in [1.29, 1.82) is 0 Å². The van der Waals surface area contributed by atoms with Crippen LogP contribution in [-0.4, -0.2) is 19.8 Å². The third-order valence-electron chi connectivity index (χ3n) is 4.83. The Hall–Kier alpha value is -2.67. The minimum atomic E-state index is -3.62. The second kappa shape index (κ2) is 8.37. The molecule has 4 rings (SSSR count). The molecule has 0 aliphatic rings. The van der Waals surface area contributed by atoms with E-state index in [-0.39, 0.29) is 6.54 Å². The maximum atomic E-state index is 13.4. The first-order valence-electron chi connectivity index (χ1n) is 9.21. The fourth-order valence-corrected chi connectivity index (χ4v) is 5.87. The Morgan fingerprint density at radius 1 is 0.862 bits per heavy atom.